The summed E-state index contributed by atoms with van der Waals surface area (Å²) in [5.41, 5.74) is 2.14. The van der Waals surface area contributed by atoms with Crippen LogP contribution in [0.5, 0.6) is 0 Å². The molecule has 0 heterocycles. The van der Waals surface area contributed by atoms with E-state index in [9.17, 15) is 9.90 Å². The smallest absolute Gasteiger partial charge is 0.249 e. The molecule has 1 aromatic carbocycles. The van der Waals surface area contributed by atoms with E-state index in [2.05, 4.69) is 5.32 Å². The van der Waals surface area contributed by atoms with Crippen LogP contribution in [0.4, 0.5) is 0 Å². The molecule has 1 aromatic rings. The molecule has 0 aromatic heterocycles. The quantitative estimate of drug-likeness (QED) is 0.840. The highest BCUT2D eigenvalue weighted by atomic mass is 16.5. The summed E-state index contributed by atoms with van der Waals surface area (Å²) in [5.74, 6) is -0.130. The van der Waals surface area contributed by atoms with Gasteiger partial charge in [0.25, 0.3) is 0 Å². The molecule has 2 aliphatic rings. The van der Waals surface area contributed by atoms with E-state index in [0.29, 0.717) is 6.42 Å². The molecule has 4 heteroatoms. The summed E-state index contributed by atoms with van der Waals surface area (Å²) in [6.45, 7) is 1.81. The molecule has 1 amide bonds. The Kier molecular flexibility index (Phi) is 5.34. The molecule has 3 atom stereocenters. The number of aliphatic hydroxyl groups excluding tert-OH is 1. The monoisotopic (exact) mass is 317 g/mol. The predicted molar refractivity (Wildman–Crippen MR) is 89.1 cm³/mol. The average molecular weight is 317 g/mol. The summed E-state index contributed by atoms with van der Waals surface area (Å²) in [6.07, 6.45) is 6.77. The van der Waals surface area contributed by atoms with Crippen LogP contribution in [0.1, 0.15) is 62.6 Å². The standard InChI is InChI=1S/C19H27NO3/c1-13(23-15-9-4-2-3-5-10-15)19(22)20-18-16-11-7-6-8-14(16)12-17(18)21/h6-8,11,13,15,17-18,21H,2-5,9-10,12H2,1H3,(H,20,22). The number of ether oxygens (including phenoxy) is 1. The van der Waals surface area contributed by atoms with Crippen molar-refractivity contribution in [2.45, 2.75) is 76.2 Å². The Morgan fingerprint density at radius 2 is 1.91 bits per heavy atom. The van der Waals surface area contributed by atoms with Gasteiger partial charge in [-0.25, -0.2) is 0 Å². The lowest BCUT2D eigenvalue weighted by Gasteiger charge is -2.24. The van der Waals surface area contributed by atoms with Gasteiger partial charge in [-0.1, -0.05) is 49.9 Å². The molecule has 23 heavy (non-hydrogen) atoms. The normalized spacial score (nSPS) is 26.3. The van der Waals surface area contributed by atoms with E-state index < -0.39 is 12.2 Å². The lowest BCUT2D eigenvalue weighted by molar-refractivity contribution is -0.137. The van der Waals surface area contributed by atoms with Crippen LogP contribution in [0.3, 0.4) is 0 Å². The fourth-order valence-corrected chi connectivity index (χ4v) is 3.75. The van der Waals surface area contributed by atoms with Crippen LogP contribution in [0, 0.1) is 0 Å². The van der Waals surface area contributed by atoms with Crippen molar-refractivity contribution in [1.29, 1.82) is 0 Å². The largest absolute Gasteiger partial charge is 0.390 e. The second kappa shape index (κ2) is 7.45. The summed E-state index contributed by atoms with van der Waals surface area (Å²) in [6, 6.07) is 7.58. The summed E-state index contributed by atoms with van der Waals surface area (Å²) < 4.78 is 5.97. The van der Waals surface area contributed by atoms with Crippen LogP contribution in [-0.4, -0.2) is 29.3 Å². The van der Waals surface area contributed by atoms with Crippen LogP contribution in [-0.2, 0) is 16.0 Å². The summed E-state index contributed by atoms with van der Waals surface area (Å²) in [5, 5.41) is 13.2. The van der Waals surface area contributed by atoms with Crippen LogP contribution in [0.2, 0.25) is 0 Å². The lowest BCUT2D eigenvalue weighted by atomic mass is 10.1. The lowest BCUT2D eigenvalue weighted by Crippen LogP contribution is -2.41. The van der Waals surface area contributed by atoms with Gasteiger partial charge in [0.15, 0.2) is 0 Å². The zero-order valence-electron chi connectivity index (χ0n) is 13.8. The first-order valence-electron chi connectivity index (χ1n) is 8.87. The van der Waals surface area contributed by atoms with E-state index in [1.165, 1.54) is 25.7 Å². The molecule has 0 radical (unpaired) electrons. The van der Waals surface area contributed by atoms with Gasteiger partial charge in [-0.2, -0.15) is 0 Å². The first-order chi connectivity index (χ1) is 11.1. The van der Waals surface area contributed by atoms with Gasteiger partial charge in [-0.05, 0) is 30.9 Å². The molecule has 1 fully saturated rings. The van der Waals surface area contributed by atoms with Crippen LogP contribution in [0.25, 0.3) is 0 Å². The van der Waals surface area contributed by atoms with E-state index in [1.54, 1.807) is 0 Å². The number of benzene rings is 1. The Labute approximate surface area is 138 Å². The van der Waals surface area contributed by atoms with Crippen LogP contribution >= 0.6 is 0 Å². The number of aliphatic hydroxyl groups is 1. The molecule has 0 aliphatic heterocycles. The van der Waals surface area contributed by atoms with Crippen molar-refractivity contribution in [3.8, 4) is 0 Å². The summed E-state index contributed by atoms with van der Waals surface area (Å²) in [7, 11) is 0. The molecule has 2 aliphatic carbocycles. The minimum atomic E-state index is -0.554. The minimum absolute atomic E-state index is 0.130. The van der Waals surface area contributed by atoms with Crippen molar-refractivity contribution in [3.05, 3.63) is 35.4 Å². The number of fused-ring (bicyclic) bond motifs is 1. The van der Waals surface area contributed by atoms with Crippen molar-refractivity contribution in [1.82, 2.24) is 5.32 Å². The van der Waals surface area contributed by atoms with Crippen LogP contribution < -0.4 is 5.32 Å². The van der Waals surface area contributed by atoms with Crippen molar-refractivity contribution < 1.29 is 14.6 Å². The third-order valence-corrected chi connectivity index (χ3v) is 5.07. The van der Waals surface area contributed by atoms with E-state index in [-0.39, 0.29) is 18.1 Å². The molecule has 3 unspecified atom stereocenters. The summed E-state index contributed by atoms with van der Waals surface area (Å²) in [4.78, 5) is 12.5. The molecule has 0 bridgehead atoms. The van der Waals surface area contributed by atoms with Gasteiger partial charge >= 0.3 is 0 Å². The minimum Gasteiger partial charge on any atom is -0.390 e. The van der Waals surface area contributed by atoms with E-state index >= 15 is 0 Å². The predicted octanol–water partition coefficient (Wildman–Crippen LogP) is 2.89. The van der Waals surface area contributed by atoms with Gasteiger partial charge in [0, 0.05) is 6.42 Å². The molecular weight excluding hydrogens is 290 g/mol. The molecule has 0 saturated heterocycles. The third-order valence-electron chi connectivity index (χ3n) is 5.07. The van der Waals surface area contributed by atoms with E-state index in [1.807, 2.05) is 31.2 Å². The molecule has 2 N–H and O–H groups in total. The van der Waals surface area contributed by atoms with Gasteiger partial charge in [0.2, 0.25) is 5.91 Å². The first-order valence-corrected chi connectivity index (χ1v) is 8.87. The van der Waals surface area contributed by atoms with E-state index in [0.717, 1.165) is 24.0 Å². The molecule has 0 spiro atoms. The van der Waals surface area contributed by atoms with Crippen LogP contribution in [0.15, 0.2) is 24.3 Å². The highest BCUT2D eigenvalue weighted by Crippen LogP contribution is 2.31. The van der Waals surface area contributed by atoms with Crippen molar-refractivity contribution >= 4 is 5.91 Å². The zero-order chi connectivity index (χ0) is 16.2. The van der Waals surface area contributed by atoms with Crippen molar-refractivity contribution in [2.75, 3.05) is 0 Å². The van der Waals surface area contributed by atoms with Gasteiger partial charge in [0.1, 0.15) is 6.10 Å². The number of carbonyl (C=O) groups is 1. The fraction of sp³-hybridized carbons (Fsp3) is 0.632. The Bertz CT molecular complexity index is 537. The fourth-order valence-electron chi connectivity index (χ4n) is 3.75. The van der Waals surface area contributed by atoms with Gasteiger partial charge in [-0.3, -0.25) is 4.79 Å². The number of hydrogen-bond acceptors (Lipinski definition) is 3. The average Bonchev–Trinajstić information content (AvgIpc) is 2.72. The molecule has 4 nitrogen and oxygen atoms in total. The molecule has 3 rings (SSSR count). The maximum Gasteiger partial charge on any atom is 0.249 e. The Hall–Kier alpha value is -1.39. The first kappa shape index (κ1) is 16.5. The number of hydrogen-bond donors (Lipinski definition) is 2. The topological polar surface area (TPSA) is 58.6 Å². The molecule has 1 saturated carbocycles. The Morgan fingerprint density at radius 1 is 1.22 bits per heavy atom. The number of amides is 1. The zero-order valence-corrected chi connectivity index (χ0v) is 13.8. The van der Waals surface area contributed by atoms with E-state index in [4.69, 9.17) is 4.74 Å². The van der Waals surface area contributed by atoms with Gasteiger partial charge < -0.3 is 15.2 Å². The molecule has 126 valence electrons. The second-order valence-electron chi connectivity index (χ2n) is 6.85. The maximum atomic E-state index is 12.5. The van der Waals surface area contributed by atoms with Crippen molar-refractivity contribution in [2.24, 2.45) is 0 Å². The van der Waals surface area contributed by atoms with Gasteiger partial charge in [-0.15, -0.1) is 0 Å². The van der Waals surface area contributed by atoms with Crippen molar-refractivity contribution in [3.63, 3.8) is 0 Å². The third kappa shape index (κ3) is 3.93. The molecular formula is C19H27NO3. The summed E-state index contributed by atoms with van der Waals surface area (Å²) >= 11 is 0. The number of carbonyl (C=O) groups excluding carboxylic acids is 1. The van der Waals surface area contributed by atoms with Gasteiger partial charge in [0.05, 0.1) is 18.2 Å². The Morgan fingerprint density at radius 3 is 2.65 bits per heavy atom. The highest BCUT2D eigenvalue weighted by molar-refractivity contribution is 5.81. The second-order valence-corrected chi connectivity index (χ2v) is 6.85. The number of rotatable bonds is 4. The Balaban J connectivity index is 1.58. The SMILES string of the molecule is CC(OC1CCCCCC1)C(=O)NC1c2ccccc2CC1O. The highest BCUT2D eigenvalue weighted by Gasteiger charge is 2.33. The maximum absolute atomic E-state index is 12.5. The number of nitrogens with one attached hydrogen (secondary N) is 1.